The molecule has 0 saturated heterocycles. The van der Waals surface area contributed by atoms with Crippen molar-refractivity contribution in [2.75, 3.05) is 0 Å². The van der Waals surface area contributed by atoms with Gasteiger partial charge >= 0.3 is 0 Å². The summed E-state index contributed by atoms with van der Waals surface area (Å²) in [6.45, 7) is 4.06. The molecule has 0 unspecified atom stereocenters. The first kappa shape index (κ1) is 12.3. The van der Waals surface area contributed by atoms with Gasteiger partial charge in [-0.3, -0.25) is 0 Å². The summed E-state index contributed by atoms with van der Waals surface area (Å²) < 4.78 is 0. The zero-order chi connectivity index (χ0) is 11.4. The summed E-state index contributed by atoms with van der Waals surface area (Å²) in [6, 6.07) is 0. The molecule has 0 bridgehead atoms. The van der Waals surface area contributed by atoms with E-state index in [4.69, 9.17) is 7.85 Å². The maximum atomic E-state index is 6.73. The fourth-order valence-electron chi connectivity index (χ4n) is 3.87. The van der Waals surface area contributed by atoms with Gasteiger partial charge in [0, 0.05) is 0 Å². The first-order valence-corrected chi connectivity index (χ1v) is 7.20. The van der Waals surface area contributed by atoms with Crippen molar-refractivity contribution in [2.24, 2.45) is 11.8 Å². The molecule has 2 fully saturated rings. The lowest BCUT2D eigenvalue weighted by Gasteiger charge is -2.46. The molecule has 2 aliphatic rings. The minimum atomic E-state index is -0.0547. The van der Waals surface area contributed by atoms with Crippen LogP contribution >= 0.6 is 0 Å². The quantitative estimate of drug-likeness (QED) is 0.475. The number of rotatable bonds is 3. The van der Waals surface area contributed by atoms with Crippen LogP contribution in [0.15, 0.2) is 12.7 Å². The Balaban J connectivity index is 2.06. The zero-order valence-electron chi connectivity index (χ0n) is 10.6. The van der Waals surface area contributed by atoms with E-state index in [2.05, 4.69) is 12.7 Å². The normalized spacial score (nSPS) is 25.5. The first-order chi connectivity index (χ1) is 7.77. The average Bonchev–Trinajstić information content (AvgIpc) is 2.40. The molecule has 0 N–H and O–H groups in total. The van der Waals surface area contributed by atoms with Crippen LogP contribution in [0.4, 0.5) is 0 Å². The predicted octanol–water partition coefficient (Wildman–Crippen LogP) is 4.66. The van der Waals surface area contributed by atoms with Crippen molar-refractivity contribution in [3.8, 4) is 0 Å². The second-order valence-electron chi connectivity index (χ2n) is 5.87. The third kappa shape index (κ3) is 2.39. The lowest BCUT2D eigenvalue weighted by atomic mass is 9.49. The molecule has 0 aromatic carbocycles. The van der Waals surface area contributed by atoms with Gasteiger partial charge in [0.2, 0.25) is 0 Å². The van der Waals surface area contributed by atoms with Gasteiger partial charge in [-0.1, -0.05) is 70.3 Å². The Labute approximate surface area is 102 Å². The molecule has 1 heteroatoms. The largest absolute Gasteiger partial charge is 0.103 e. The summed E-state index contributed by atoms with van der Waals surface area (Å²) in [5.74, 6) is 1.42. The zero-order valence-corrected chi connectivity index (χ0v) is 10.6. The van der Waals surface area contributed by atoms with E-state index < -0.39 is 0 Å². The molecule has 2 saturated carbocycles. The van der Waals surface area contributed by atoms with Gasteiger partial charge in [-0.25, -0.2) is 0 Å². The second kappa shape index (κ2) is 5.43. The highest BCUT2D eigenvalue weighted by atomic mass is 14.4. The Bertz CT molecular complexity index is 204. The van der Waals surface area contributed by atoms with Crippen LogP contribution < -0.4 is 0 Å². The molecule has 16 heavy (non-hydrogen) atoms. The lowest BCUT2D eigenvalue weighted by Crippen LogP contribution is -2.33. The summed E-state index contributed by atoms with van der Waals surface area (Å²) >= 11 is 0. The van der Waals surface area contributed by atoms with Crippen LogP contribution in [0, 0.1) is 11.8 Å². The Kier molecular flexibility index (Phi) is 4.16. The van der Waals surface area contributed by atoms with E-state index in [0.717, 1.165) is 0 Å². The standard InChI is InChI=1S/C15H25B/c1-2-15(16,13-9-5-3-6-10-13)14-11-7-4-8-12-14/h2,13-14H,1,3-12H2. The summed E-state index contributed by atoms with van der Waals surface area (Å²) in [7, 11) is 6.73. The van der Waals surface area contributed by atoms with Crippen LogP contribution in [0.5, 0.6) is 0 Å². The first-order valence-electron chi connectivity index (χ1n) is 7.20. The third-order valence-corrected chi connectivity index (χ3v) is 4.98. The Morgan fingerprint density at radius 3 is 1.50 bits per heavy atom. The van der Waals surface area contributed by atoms with E-state index in [1.54, 1.807) is 0 Å². The SMILES string of the molecule is [B]C(C=C)(C1CCCCC1)C1CCCCC1. The monoisotopic (exact) mass is 216 g/mol. The maximum Gasteiger partial charge on any atom is 0.0809 e. The van der Waals surface area contributed by atoms with Gasteiger partial charge in [0.05, 0.1) is 7.85 Å². The van der Waals surface area contributed by atoms with Crippen molar-refractivity contribution >= 4 is 7.85 Å². The Hall–Kier alpha value is -0.195. The van der Waals surface area contributed by atoms with E-state index in [1.165, 1.54) is 64.2 Å². The third-order valence-electron chi connectivity index (χ3n) is 4.98. The fraction of sp³-hybridized carbons (Fsp3) is 0.867. The summed E-state index contributed by atoms with van der Waals surface area (Å²) in [5.41, 5.74) is 0. The van der Waals surface area contributed by atoms with Gasteiger partial charge in [-0.15, -0.1) is 6.58 Å². The minimum absolute atomic E-state index is 0.0547. The Morgan fingerprint density at radius 2 is 1.19 bits per heavy atom. The summed E-state index contributed by atoms with van der Waals surface area (Å²) in [4.78, 5) is 0. The van der Waals surface area contributed by atoms with Gasteiger partial charge in [0.25, 0.3) is 0 Å². The van der Waals surface area contributed by atoms with E-state index in [9.17, 15) is 0 Å². The molecule has 0 heterocycles. The highest BCUT2D eigenvalue weighted by Crippen LogP contribution is 2.52. The molecule has 0 spiro atoms. The van der Waals surface area contributed by atoms with Crippen LogP contribution in [0.25, 0.3) is 0 Å². The molecule has 0 nitrogen and oxygen atoms in total. The molecular formula is C15H25B. The highest BCUT2D eigenvalue weighted by Gasteiger charge is 2.38. The number of allylic oxidation sites excluding steroid dienone is 1. The van der Waals surface area contributed by atoms with Crippen molar-refractivity contribution in [3.63, 3.8) is 0 Å². The number of hydrogen-bond donors (Lipinski definition) is 0. The molecule has 2 radical (unpaired) electrons. The maximum absolute atomic E-state index is 6.73. The van der Waals surface area contributed by atoms with Gasteiger partial charge in [0.15, 0.2) is 0 Å². The van der Waals surface area contributed by atoms with Crippen molar-refractivity contribution in [2.45, 2.75) is 69.5 Å². The van der Waals surface area contributed by atoms with E-state index in [0.29, 0.717) is 11.8 Å². The Morgan fingerprint density at radius 1 is 0.812 bits per heavy atom. The average molecular weight is 216 g/mol. The molecule has 88 valence electrons. The van der Waals surface area contributed by atoms with Crippen LogP contribution in [-0.2, 0) is 0 Å². The predicted molar refractivity (Wildman–Crippen MR) is 71.8 cm³/mol. The molecule has 2 aliphatic carbocycles. The van der Waals surface area contributed by atoms with Crippen molar-refractivity contribution < 1.29 is 0 Å². The van der Waals surface area contributed by atoms with Gasteiger partial charge in [-0.05, 0) is 17.2 Å². The van der Waals surface area contributed by atoms with Gasteiger partial charge in [-0.2, -0.15) is 0 Å². The number of hydrogen-bond acceptors (Lipinski definition) is 0. The molecule has 0 aromatic rings. The molecule has 0 atom stereocenters. The van der Waals surface area contributed by atoms with Crippen LogP contribution in [0.3, 0.4) is 0 Å². The van der Waals surface area contributed by atoms with Crippen molar-refractivity contribution in [1.82, 2.24) is 0 Å². The molecule has 0 aliphatic heterocycles. The smallest absolute Gasteiger partial charge is 0.0809 e. The summed E-state index contributed by atoms with van der Waals surface area (Å²) in [5, 5.41) is -0.0547. The summed E-state index contributed by atoms with van der Waals surface area (Å²) in [6.07, 6.45) is 15.8. The van der Waals surface area contributed by atoms with Crippen LogP contribution in [0.1, 0.15) is 64.2 Å². The van der Waals surface area contributed by atoms with Crippen molar-refractivity contribution in [3.05, 3.63) is 12.7 Å². The molecule has 0 aromatic heterocycles. The van der Waals surface area contributed by atoms with Crippen LogP contribution in [0.2, 0.25) is 5.31 Å². The van der Waals surface area contributed by atoms with E-state index >= 15 is 0 Å². The molecule has 0 amide bonds. The minimum Gasteiger partial charge on any atom is -0.103 e. The lowest BCUT2D eigenvalue weighted by molar-refractivity contribution is 0.196. The van der Waals surface area contributed by atoms with E-state index in [1.807, 2.05) is 0 Å². The van der Waals surface area contributed by atoms with E-state index in [-0.39, 0.29) is 5.31 Å². The molecular weight excluding hydrogens is 191 g/mol. The molecule has 2 rings (SSSR count). The second-order valence-corrected chi connectivity index (χ2v) is 5.87. The topological polar surface area (TPSA) is 0 Å². The fourth-order valence-corrected chi connectivity index (χ4v) is 3.87. The van der Waals surface area contributed by atoms with Gasteiger partial charge in [0.1, 0.15) is 0 Å². The van der Waals surface area contributed by atoms with Crippen LogP contribution in [-0.4, -0.2) is 7.85 Å². The highest BCUT2D eigenvalue weighted by molar-refractivity contribution is 6.17. The van der Waals surface area contributed by atoms with Gasteiger partial charge < -0.3 is 0 Å². The van der Waals surface area contributed by atoms with Crippen molar-refractivity contribution in [1.29, 1.82) is 0 Å².